The molecule has 6 unspecified atom stereocenters. The number of ether oxygens (including phenoxy) is 1. The highest BCUT2D eigenvalue weighted by atomic mass is 16.5. The highest BCUT2D eigenvalue weighted by Crippen LogP contribution is 2.64. The number of nitrogens with one attached hydrogen (secondary N) is 1. The maximum absolute atomic E-state index is 15.1. The van der Waals surface area contributed by atoms with Gasteiger partial charge >= 0.3 is 0 Å². The lowest BCUT2D eigenvalue weighted by Gasteiger charge is -2.50. The number of benzene rings is 3. The second kappa shape index (κ2) is 11.6. The van der Waals surface area contributed by atoms with Crippen LogP contribution >= 0.6 is 0 Å². The van der Waals surface area contributed by atoms with Crippen molar-refractivity contribution in [2.45, 2.75) is 38.0 Å². The quantitative estimate of drug-likeness (QED) is 0.284. The number of carbonyl (C=O) groups is 4. The number of rotatable bonds is 8. The Balaban J connectivity index is 1.42. The molecule has 6 atom stereocenters. The first kappa shape index (κ1) is 29.9. The van der Waals surface area contributed by atoms with Crippen LogP contribution in [0.15, 0.2) is 90.5 Å². The molecule has 236 valence electrons. The molecule has 2 N–H and O–H groups in total. The number of amides is 4. The molecule has 0 bridgehead atoms. The topological polar surface area (TPSA) is 116 Å². The van der Waals surface area contributed by atoms with Crippen molar-refractivity contribution in [3.8, 4) is 5.75 Å². The molecule has 46 heavy (non-hydrogen) atoms. The van der Waals surface area contributed by atoms with Gasteiger partial charge in [-0.15, -0.1) is 0 Å². The van der Waals surface area contributed by atoms with Crippen molar-refractivity contribution in [2.75, 3.05) is 25.2 Å². The van der Waals surface area contributed by atoms with E-state index in [1.165, 1.54) is 9.91 Å². The molecule has 4 aliphatic rings. The van der Waals surface area contributed by atoms with Gasteiger partial charge in [-0.1, -0.05) is 71.8 Å². The summed E-state index contributed by atoms with van der Waals surface area (Å²) in [5, 5.41) is 10.4. The summed E-state index contributed by atoms with van der Waals surface area (Å²) < 4.78 is 5.65. The van der Waals surface area contributed by atoms with E-state index in [1.54, 1.807) is 19.1 Å². The Morgan fingerprint density at radius 2 is 1.61 bits per heavy atom. The summed E-state index contributed by atoms with van der Waals surface area (Å²) in [4.78, 5) is 58.2. The lowest BCUT2D eigenvalue weighted by atomic mass is 9.49. The molecule has 9 heteroatoms. The summed E-state index contributed by atoms with van der Waals surface area (Å²) in [6.45, 7) is 4.10. The number of nitrogens with zero attached hydrogens (tertiary/aromatic N) is 2. The number of likely N-dealkylation sites (tertiary alicyclic amines) is 1. The van der Waals surface area contributed by atoms with E-state index >= 15 is 4.79 Å². The second-order valence-corrected chi connectivity index (χ2v) is 12.7. The highest BCUT2D eigenvalue weighted by molar-refractivity contribution is 6.13. The number of hydrogen-bond donors (Lipinski definition) is 2. The third-order valence-corrected chi connectivity index (χ3v) is 10.4. The number of anilines is 1. The molecular weight excluding hydrogens is 582 g/mol. The Bertz CT molecular complexity index is 1720. The zero-order valence-corrected chi connectivity index (χ0v) is 25.9. The molecule has 2 saturated heterocycles. The van der Waals surface area contributed by atoms with Gasteiger partial charge in [0.1, 0.15) is 12.4 Å². The minimum atomic E-state index is -1.31. The summed E-state index contributed by atoms with van der Waals surface area (Å²) in [7, 11) is 0. The average Bonchev–Trinajstić information content (AvgIpc) is 3.45. The Hall–Kier alpha value is -4.76. The van der Waals surface area contributed by atoms with Crippen molar-refractivity contribution in [1.29, 1.82) is 0 Å². The Kier molecular flexibility index (Phi) is 7.51. The number of aryl methyl sites for hydroxylation is 1. The fraction of sp³-hybridized carbons (Fsp3) is 0.351. The molecule has 4 amide bonds. The number of hydrogen-bond acceptors (Lipinski definition) is 7. The molecule has 3 aromatic rings. The van der Waals surface area contributed by atoms with Gasteiger partial charge < -0.3 is 9.84 Å². The number of aliphatic hydroxyl groups excluding tert-OH is 1. The van der Waals surface area contributed by atoms with E-state index in [4.69, 9.17) is 4.74 Å². The predicted octanol–water partition coefficient (Wildman–Crippen LogP) is 4.37. The molecule has 9 nitrogen and oxygen atoms in total. The summed E-state index contributed by atoms with van der Waals surface area (Å²) >= 11 is 0. The summed E-state index contributed by atoms with van der Waals surface area (Å²) in [6, 6.07) is 24.4. The SMILES string of the molecule is CCN1C(=O)C2CC=C3C(CC4C(=O)N(Nc5ccc(C)cc5)C(=O)C4(c4ccccc4)C3c3ccc(OCCO)cc3)C2C1=O. The van der Waals surface area contributed by atoms with Crippen molar-refractivity contribution >= 4 is 29.3 Å². The Morgan fingerprint density at radius 3 is 2.28 bits per heavy atom. The van der Waals surface area contributed by atoms with E-state index in [0.717, 1.165) is 22.3 Å². The van der Waals surface area contributed by atoms with Crippen molar-refractivity contribution in [1.82, 2.24) is 9.91 Å². The summed E-state index contributed by atoms with van der Waals surface area (Å²) in [6.07, 6.45) is 2.73. The van der Waals surface area contributed by atoms with Gasteiger partial charge in [0.05, 0.1) is 35.5 Å². The van der Waals surface area contributed by atoms with Crippen LogP contribution in [0.5, 0.6) is 5.75 Å². The fourth-order valence-corrected chi connectivity index (χ4v) is 8.42. The van der Waals surface area contributed by atoms with Gasteiger partial charge in [-0.25, -0.2) is 0 Å². The number of allylic oxidation sites excluding steroid dienone is 2. The fourth-order valence-electron chi connectivity index (χ4n) is 8.42. The van der Waals surface area contributed by atoms with Crippen LogP contribution in [0.3, 0.4) is 0 Å². The van der Waals surface area contributed by atoms with E-state index in [1.807, 2.05) is 73.7 Å². The maximum atomic E-state index is 15.1. The molecular formula is C37H37N3O6. The third-order valence-electron chi connectivity index (χ3n) is 10.4. The van der Waals surface area contributed by atoms with Crippen molar-refractivity contribution in [2.24, 2.45) is 23.7 Å². The van der Waals surface area contributed by atoms with Crippen LogP contribution in [-0.2, 0) is 24.6 Å². The minimum absolute atomic E-state index is 0.123. The van der Waals surface area contributed by atoms with Crippen LogP contribution in [0, 0.1) is 30.6 Å². The number of hydrazine groups is 1. The first-order valence-electron chi connectivity index (χ1n) is 16.0. The first-order valence-corrected chi connectivity index (χ1v) is 16.0. The van der Waals surface area contributed by atoms with Crippen LogP contribution in [0.4, 0.5) is 5.69 Å². The van der Waals surface area contributed by atoms with Gasteiger partial charge in [0.2, 0.25) is 11.8 Å². The van der Waals surface area contributed by atoms with Crippen molar-refractivity contribution in [3.63, 3.8) is 0 Å². The first-order chi connectivity index (χ1) is 22.3. The maximum Gasteiger partial charge on any atom is 0.260 e. The number of imide groups is 2. The molecule has 2 aliphatic carbocycles. The van der Waals surface area contributed by atoms with E-state index in [9.17, 15) is 19.5 Å². The summed E-state index contributed by atoms with van der Waals surface area (Å²) in [5.74, 6) is -3.34. The van der Waals surface area contributed by atoms with E-state index in [0.29, 0.717) is 24.4 Å². The third kappa shape index (κ3) is 4.40. The van der Waals surface area contributed by atoms with Crippen molar-refractivity contribution in [3.05, 3.63) is 107 Å². The average molecular weight is 620 g/mol. The highest BCUT2D eigenvalue weighted by Gasteiger charge is 2.70. The zero-order chi connectivity index (χ0) is 32.2. The zero-order valence-electron chi connectivity index (χ0n) is 25.9. The second-order valence-electron chi connectivity index (χ2n) is 12.7. The van der Waals surface area contributed by atoms with Gasteiger partial charge in [-0.3, -0.25) is 29.5 Å². The predicted molar refractivity (Wildman–Crippen MR) is 170 cm³/mol. The molecule has 1 saturated carbocycles. The van der Waals surface area contributed by atoms with Gasteiger partial charge in [0, 0.05) is 12.5 Å². The normalized spacial score (nSPS) is 28.5. The molecule has 2 aliphatic heterocycles. The monoisotopic (exact) mass is 619 g/mol. The lowest BCUT2D eigenvalue weighted by Crippen LogP contribution is -2.53. The molecule has 0 radical (unpaired) electrons. The number of aliphatic hydroxyl groups is 1. The van der Waals surface area contributed by atoms with Crippen LogP contribution in [0.2, 0.25) is 0 Å². The van der Waals surface area contributed by atoms with Gasteiger partial charge in [-0.2, -0.15) is 5.01 Å². The Morgan fingerprint density at radius 1 is 0.891 bits per heavy atom. The van der Waals surface area contributed by atoms with Crippen LogP contribution in [0.1, 0.15) is 42.4 Å². The van der Waals surface area contributed by atoms with E-state index in [-0.39, 0.29) is 49.2 Å². The Labute approximate surface area is 267 Å². The van der Waals surface area contributed by atoms with E-state index in [2.05, 4.69) is 11.5 Å². The van der Waals surface area contributed by atoms with Gasteiger partial charge in [0.15, 0.2) is 0 Å². The minimum Gasteiger partial charge on any atom is -0.491 e. The van der Waals surface area contributed by atoms with Crippen LogP contribution in [-0.4, -0.2) is 58.4 Å². The van der Waals surface area contributed by atoms with Gasteiger partial charge in [0.25, 0.3) is 11.8 Å². The molecule has 7 rings (SSSR count). The molecule has 3 aromatic carbocycles. The largest absolute Gasteiger partial charge is 0.491 e. The van der Waals surface area contributed by atoms with Crippen LogP contribution < -0.4 is 10.2 Å². The molecule has 3 fully saturated rings. The van der Waals surface area contributed by atoms with E-state index < -0.39 is 29.1 Å². The smallest absolute Gasteiger partial charge is 0.260 e. The number of fused-ring (bicyclic) bond motifs is 4. The standard InChI is InChI=1S/C37H37N3O6/c1-3-39-33(42)28-18-17-27-29(31(28)35(39)44)21-30-34(43)40(38-25-13-9-22(2)10-14-25)36(45)37(30,24-7-5-4-6-8-24)32(27)23-11-15-26(16-12-23)46-20-19-41/h4-17,28-32,38,41H,3,18-21H2,1-2H3. The van der Waals surface area contributed by atoms with Crippen LogP contribution in [0.25, 0.3) is 0 Å². The van der Waals surface area contributed by atoms with Crippen molar-refractivity contribution < 1.29 is 29.0 Å². The molecule has 2 heterocycles. The molecule has 0 spiro atoms. The molecule has 0 aromatic heterocycles. The van der Waals surface area contributed by atoms with Gasteiger partial charge in [-0.05, 0) is 68.0 Å². The number of carbonyl (C=O) groups excluding carboxylic acids is 4. The lowest BCUT2D eigenvalue weighted by molar-refractivity contribution is -0.141. The summed E-state index contributed by atoms with van der Waals surface area (Å²) in [5.41, 5.74) is 5.93.